The lowest BCUT2D eigenvalue weighted by atomic mass is 10.4. The van der Waals surface area contributed by atoms with Crippen LogP contribution in [0.15, 0.2) is 29.2 Å². The van der Waals surface area contributed by atoms with Crippen molar-refractivity contribution in [2.75, 3.05) is 7.05 Å². The molecule has 0 bridgehead atoms. The fourth-order valence-electron chi connectivity index (χ4n) is 0.952. The minimum absolute atomic E-state index is 0.486. The molecule has 1 atom stereocenters. The van der Waals surface area contributed by atoms with Crippen LogP contribution in [0, 0.1) is 0 Å². The molecule has 0 aliphatic rings. The predicted molar refractivity (Wildman–Crippen MR) is 76.8 cm³/mol. The van der Waals surface area contributed by atoms with E-state index in [4.69, 9.17) is 21.9 Å². The Morgan fingerprint density at radius 3 is 2.18 bits per heavy atom. The Bertz CT molecular complexity index is 450. The monoisotopic (exact) mass is 331 g/mol. The van der Waals surface area contributed by atoms with Crippen molar-refractivity contribution in [2.24, 2.45) is 10.3 Å². The molecule has 0 radical (unpaired) electrons. The van der Waals surface area contributed by atoms with Gasteiger partial charge in [-0.25, -0.2) is 4.21 Å². The van der Waals surface area contributed by atoms with Gasteiger partial charge in [-0.15, -0.1) is 0 Å². The molecule has 0 saturated heterocycles. The summed E-state index contributed by atoms with van der Waals surface area (Å²) in [4.78, 5) is 0.486. The lowest BCUT2D eigenvalue weighted by Crippen LogP contribution is -2.17. The van der Waals surface area contributed by atoms with E-state index >= 15 is 0 Å². The van der Waals surface area contributed by atoms with Crippen LogP contribution in [0.25, 0.3) is 0 Å². The van der Waals surface area contributed by atoms with Crippen LogP contribution in [0.1, 0.15) is 0 Å². The van der Waals surface area contributed by atoms with Crippen molar-refractivity contribution >= 4 is 51.4 Å². The lowest BCUT2D eigenvalue weighted by molar-refractivity contribution is 0.569. The number of halogens is 1. The van der Waals surface area contributed by atoms with Crippen molar-refractivity contribution in [3.63, 3.8) is 0 Å². The van der Waals surface area contributed by atoms with E-state index in [-0.39, 0.29) is 0 Å². The molecule has 1 aromatic carbocycles. The molecule has 5 nitrogen and oxygen atoms in total. The molecule has 10 heteroatoms. The van der Waals surface area contributed by atoms with E-state index in [1.54, 1.807) is 24.3 Å². The molecule has 0 aliphatic carbocycles. The highest BCUT2D eigenvalue weighted by Crippen LogP contribution is 2.67. The van der Waals surface area contributed by atoms with Crippen molar-refractivity contribution < 1.29 is 8.77 Å². The molecule has 96 valence electrons. The van der Waals surface area contributed by atoms with Gasteiger partial charge in [0.2, 0.25) is 0 Å². The highest BCUT2D eigenvalue weighted by atomic mass is 35.5. The topological polar surface area (TPSA) is 89.4 Å². The third-order valence-electron chi connectivity index (χ3n) is 1.87. The van der Waals surface area contributed by atoms with Crippen molar-refractivity contribution in [1.29, 1.82) is 0 Å². The van der Waals surface area contributed by atoms with Gasteiger partial charge in [-0.2, -0.15) is 4.08 Å². The van der Waals surface area contributed by atoms with Crippen molar-refractivity contribution in [3.8, 4) is 0 Å². The van der Waals surface area contributed by atoms with Gasteiger partial charge in [-0.05, 0) is 24.3 Å². The minimum Gasteiger partial charge on any atom is -0.279 e. The van der Waals surface area contributed by atoms with Crippen molar-refractivity contribution in [3.05, 3.63) is 29.3 Å². The van der Waals surface area contributed by atoms with Crippen LogP contribution >= 0.6 is 40.4 Å². The van der Waals surface area contributed by atoms with Crippen LogP contribution in [0.2, 0.25) is 5.02 Å². The van der Waals surface area contributed by atoms with Gasteiger partial charge in [-0.1, -0.05) is 11.6 Å². The summed E-state index contributed by atoms with van der Waals surface area (Å²) in [7, 11) is -0.146. The van der Waals surface area contributed by atoms with E-state index in [0.717, 1.165) is 0 Å². The first-order valence-corrected chi connectivity index (χ1v) is 10.3. The molecule has 1 aromatic rings. The van der Waals surface area contributed by atoms with Crippen LogP contribution in [-0.4, -0.2) is 15.3 Å². The summed E-state index contributed by atoms with van der Waals surface area (Å²) in [5, 5.41) is 11.2. The molecule has 17 heavy (non-hydrogen) atoms. The third-order valence-corrected chi connectivity index (χ3v) is 10.9. The molecule has 0 fully saturated rings. The van der Waals surface area contributed by atoms with Gasteiger partial charge in [0.25, 0.3) is 5.70 Å². The largest absolute Gasteiger partial charge is 0.296 e. The van der Waals surface area contributed by atoms with Crippen LogP contribution in [0.4, 0.5) is 0 Å². The third kappa shape index (κ3) is 3.71. The lowest BCUT2D eigenvalue weighted by Gasteiger charge is -2.22. The van der Waals surface area contributed by atoms with Gasteiger partial charge in [0.1, 0.15) is 11.0 Å². The Labute approximate surface area is 115 Å². The second-order valence-corrected chi connectivity index (χ2v) is 12.0. The summed E-state index contributed by atoms with van der Waals surface area (Å²) >= 11 is 6.94. The van der Waals surface area contributed by atoms with Crippen LogP contribution in [-0.2, 0) is 15.6 Å². The Balaban J connectivity index is 2.97. The molecule has 0 spiro atoms. The number of nitrogens with two attached hydrogens (primary N) is 2. The highest BCUT2D eigenvalue weighted by molar-refractivity contribution is 8.89. The van der Waals surface area contributed by atoms with E-state index in [1.807, 2.05) is 0 Å². The van der Waals surface area contributed by atoms with E-state index < -0.39 is 16.7 Å². The van der Waals surface area contributed by atoms with Gasteiger partial charge < -0.3 is 0 Å². The first-order chi connectivity index (χ1) is 7.94. The Hall–Kier alpha value is 0.470. The molecular formula is C7H11ClN3O2PS3. The Kier molecular flexibility index (Phi) is 6.01. The molecule has 4 N–H and O–H groups in total. The maximum Gasteiger partial charge on any atom is 0.296 e. The zero-order chi connectivity index (χ0) is 13.1. The summed E-state index contributed by atoms with van der Waals surface area (Å²) in [5.74, 6) is 0. The van der Waals surface area contributed by atoms with Gasteiger partial charge in [-0.3, -0.25) is 14.8 Å². The first kappa shape index (κ1) is 15.5. The Morgan fingerprint density at radius 1 is 1.29 bits per heavy atom. The average molecular weight is 332 g/mol. The maximum absolute atomic E-state index is 12.1. The van der Waals surface area contributed by atoms with E-state index in [1.165, 1.54) is 11.1 Å². The SMILES string of the molecule is CN(S(=O)c1ccc(Cl)cc1)P(=O)(SN)SN. The first-order valence-electron chi connectivity index (χ1n) is 4.23. The number of benzene rings is 1. The molecule has 0 heterocycles. The normalized spacial score (nSPS) is 13.9. The van der Waals surface area contributed by atoms with Gasteiger partial charge in [0.05, 0.1) is 4.90 Å². The van der Waals surface area contributed by atoms with Gasteiger partial charge in [0, 0.05) is 35.2 Å². The standard InChI is InChI=1S/C7H11ClN3O2PS3/c1-11(14(12,15-9)16-10)17(13)7-4-2-6(8)3-5-7/h2-5H,9-10H2,1H3. The molecule has 0 saturated carbocycles. The molecular weight excluding hydrogens is 321 g/mol. The summed E-state index contributed by atoms with van der Waals surface area (Å²) in [6.45, 7) is 0. The second-order valence-electron chi connectivity index (χ2n) is 2.85. The fraction of sp³-hybridized carbons (Fsp3) is 0.143. The maximum atomic E-state index is 12.1. The number of hydrogen-bond acceptors (Lipinski definition) is 6. The molecule has 0 aromatic heterocycles. The molecule has 1 rings (SSSR count). The molecule has 1 unspecified atom stereocenters. The summed E-state index contributed by atoms with van der Waals surface area (Å²) in [6.07, 6.45) is 0. The fourth-order valence-corrected chi connectivity index (χ4v) is 6.25. The summed E-state index contributed by atoms with van der Waals surface area (Å²) < 4.78 is 25.4. The van der Waals surface area contributed by atoms with Crippen molar-refractivity contribution in [2.45, 2.75) is 4.90 Å². The van der Waals surface area contributed by atoms with Gasteiger partial charge >= 0.3 is 0 Å². The zero-order valence-electron chi connectivity index (χ0n) is 8.78. The van der Waals surface area contributed by atoms with E-state index in [0.29, 0.717) is 33.1 Å². The van der Waals surface area contributed by atoms with E-state index in [2.05, 4.69) is 0 Å². The number of nitrogens with zero attached hydrogens (tertiary/aromatic N) is 1. The highest BCUT2D eigenvalue weighted by Gasteiger charge is 2.32. The van der Waals surface area contributed by atoms with Crippen LogP contribution < -0.4 is 10.3 Å². The quantitative estimate of drug-likeness (QED) is 0.637. The van der Waals surface area contributed by atoms with E-state index in [9.17, 15) is 8.77 Å². The summed E-state index contributed by atoms with van der Waals surface area (Å²) in [6, 6.07) is 6.42. The minimum atomic E-state index is -3.12. The van der Waals surface area contributed by atoms with Crippen LogP contribution in [0.3, 0.4) is 0 Å². The van der Waals surface area contributed by atoms with Crippen LogP contribution in [0.5, 0.6) is 0 Å². The smallest absolute Gasteiger partial charge is 0.279 e. The predicted octanol–water partition coefficient (Wildman–Crippen LogP) is 2.62. The number of rotatable bonds is 5. The van der Waals surface area contributed by atoms with Crippen molar-refractivity contribution in [1.82, 2.24) is 4.08 Å². The zero-order valence-corrected chi connectivity index (χ0v) is 12.9. The number of hydrogen-bond donors (Lipinski definition) is 2. The molecule has 0 amide bonds. The summed E-state index contributed by atoms with van der Waals surface area (Å²) in [5.41, 5.74) is -3.12. The average Bonchev–Trinajstić information content (AvgIpc) is 2.37. The van der Waals surface area contributed by atoms with Gasteiger partial charge in [0.15, 0.2) is 0 Å². The molecule has 0 aliphatic heterocycles. The Morgan fingerprint density at radius 2 is 1.76 bits per heavy atom. The second kappa shape index (κ2) is 6.58.